The molecule has 1 saturated heterocycles. The predicted molar refractivity (Wildman–Crippen MR) is 131 cm³/mol. The van der Waals surface area contributed by atoms with Crippen LogP contribution in [0.5, 0.6) is 5.75 Å². The number of fused-ring (bicyclic) bond motifs is 1. The number of benzene rings is 1. The number of likely N-dealkylation sites (tertiary alicyclic amines) is 1. The molecule has 2 aliphatic rings. The molecular formula is C26H30FN5O4. The number of aliphatic hydroxyl groups excluding tert-OH is 1. The number of amides is 2. The first-order valence-corrected chi connectivity index (χ1v) is 12.2. The molecule has 10 heteroatoms. The van der Waals surface area contributed by atoms with Gasteiger partial charge in [0.15, 0.2) is 0 Å². The van der Waals surface area contributed by atoms with Crippen LogP contribution in [0.15, 0.2) is 18.5 Å². The monoisotopic (exact) mass is 495 g/mol. The van der Waals surface area contributed by atoms with Gasteiger partial charge in [-0.1, -0.05) is 6.07 Å². The zero-order valence-electron chi connectivity index (χ0n) is 20.6. The van der Waals surface area contributed by atoms with Crippen LogP contribution in [0, 0.1) is 25.6 Å². The van der Waals surface area contributed by atoms with Crippen molar-refractivity contribution in [2.45, 2.75) is 52.1 Å². The van der Waals surface area contributed by atoms with Crippen LogP contribution in [0.1, 0.15) is 47.8 Å². The Bertz CT molecular complexity index is 1340. The van der Waals surface area contributed by atoms with Crippen LogP contribution in [0.4, 0.5) is 4.39 Å². The van der Waals surface area contributed by atoms with Crippen molar-refractivity contribution in [1.29, 1.82) is 0 Å². The molecule has 1 aromatic carbocycles. The van der Waals surface area contributed by atoms with Crippen molar-refractivity contribution in [3.63, 3.8) is 0 Å². The van der Waals surface area contributed by atoms with Crippen LogP contribution in [0.2, 0.25) is 0 Å². The third-order valence-electron chi connectivity index (χ3n) is 7.07. The van der Waals surface area contributed by atoms with Crippen LogP contribution in [-0.2, 0) is 4.79 Å². The summed E-state index contributed by atoms with van der Waals surface area (Å²) in [5.74, 6) is -0.210. The highest BCUT2D eigenvalue weighted by atomic mass is 19.1. The fourth-order valence-electron chi connectivity index (χ4n) is 4.92. The standard InChI is InChI=1S/C26H30FN5O4/c1-13-4-7-18(36-11-16-5-6-16)21(22(13)27)24-25-23(28-12-29-24)20(15(3)30-25)26(35)31-17-8-14(2)32(9-17)19(34)10-33/h4,7,12,14,16-17,30,33H,5-6,8-11H2,1-3H3,(H,31,35)/t14-,17-/m0/s1. The highest BCUT2D eigenvalue weighted by molar-refractivity contribution is 6.09. The summed E-state index contributed by atoms with van der Waals surface area (Å²) >= 11 is 0. The molecule has 9 nitrogen and oxygen atoms in total. The van der Waals surface area contributed by atoms with Crippen molar-refractivity contribution in [3.8, 4) is 17.0 Å². The third-order valence-corrected chi connectivity index (χ3v) is 7.07. The number of nitrogens with one attached hydrogen (secondary N) is 2. The van der Waals surface area contributed by atoms with Crippen molar-refractivity contribution in [2.75, 3.05) is 19.8 Å². The van der Waals surface area contributed by atoms with Crippen LogP contribution < -0.4 is 10.1 Å². The maximum absolute atomic E-state index is 15.4. The molecule has 0 spiro atoms. The number of carbonyl (C=O) groups is 2. The van der Waals surface area contributed by atoms with E-state index in [1.807, 2.05) is 6.92 Å². The molecule has 3 N–H and O–H groups in total. The molecule has 0 radical (unpaired) electrons. The van der Waals surface area contributed by atoms with Gasteiger partial charge in [0.05, 0.1) is 23.3 Å². The third kappa shape index (κ3) is 4.41. The summed E-state index contributed by atoms with van der Waals surface area (Å²) in [6.07, 6.45) is 4.13. The normalized spacial score (nSPS) is 19.6. The molecule has 0 unspecified atom stereocenters. The van der Waals surface area contributed by atoms with Crippen LogP contribution in [0.3, 0.4) is 0 Å². The van der Waals surface area contributed by atoms with E-state index in [1.54, 1.807) is 30.9 Å². The number of rotatable bonds is 7. The van der Waals surface area contributed by atoms with Crippen molar-refractivity contribution in [2.24, 2.45) is 5.92 Å². The molecule has 1 aliphatic carbocycles. The number of nitrogens with zero attached hydrogens (tertiary/aromatic N) is 3. The minimum atomic E-state index is -0.561. The fraction of sp³-hybridized carbons (Fsp3) is 0.462. The molecule has 3 heterocycles. The van der Waals surface area contributed by atoms with Gasteiger partial charge in [-0.25, -0.2) is 14.4 Å². The van der Waals surface area contributed by atoms with Crippen molar-refractivity contribution < 1.29 is 23.8 Å². The Morgan fingerprint density at radius 1 is 1.28 bits per heavy atom. The minimum absolute atomic E-state index is 0.0914. The zero-order valence-corrected chi connectivity index (χ0v) is 20.6. The zero-order chi connectivity index (χ0) is 25.6. The Morgan fingerprint density at radius 3 is 2.78 bits per heavy atom. The second-order valence-electron chi connectivity index (χ2n) is 9.85. The van der Waals surface area contributed by atoms with E-state index < -0.39 is 12.4 Å². The lowest BCUT2D eigenvalue weighted by atomic mass is 10.0. The quantitative estimate of drug-likeness (QED) is 0.464. The van der Waals surface area contributed by atoms with E-state index in [9.17, 15) is 14.7 Å². The molecule has 0 bridgehead atoms. The molecule has 5 rings (SSSR count). The van der Waals surface area contributed by atoms with Gasteiger partial charge < -0.3 is 25.0 Å². The number of carbonyl (C=O) groups excluding carboxylic acids is 2. The maximum Gasteiger partial charge on any atom is 0.255 e. The van der Waals surface area contributed by atoms with Gasteiger partial charge in [0, 0.05) is 24.3 Å². The second kappa shape index (κ2) is 9.50. The molecule has 190 valence electrons. The Balaban J connectivity index is 1.48. The maximum atomic E-state index is 15.4. The largest absolute Gasteiger partial charge is 0.492 e. The predicted octanol–water partition coefficient (Wildman–Crippen LogP) is 2.88. The average molecular weight is 496 g/mol. The van der Waals surface area contributed by atoms with Crippen molar-refractivity contribution in [3.05, 3.63) is 41.1 Å². The topological polar surface area (TPSA) is 120 Å². The van der Waals surface area contributed by atoms with E-state index in [2.05, 4.69) is 20.3 Å². The van der Waals surface area contributed by atoms with Crippen LogP contribution in [-0.4, -0.2) is 68.6 Å². The lowest BCUT2D eigenvalue weighted by Crippen LogP contribution is -2.40. The average Bonchev–Trinajstić information content (AvgIpc) is 3.52. The summed E-state index contributed by atoms with van der Waals surface area (Å²) in [7, 11) is 0. The van der Waals surface area contributed by atoms with E-state index in [4.69, 9.17) is 4.74 Å². The molecule has 2 amide bonds. The van der Waals surface area contributed by atoms with Crippen LogP contribution in [0.25, 0.3) is 22.3 Å². The van der Waals surface area contributed by atoms with E-state index in [-0.39, 0.29) is 29.5 Å². The first-order chi connectivity index (χ1) is 17.3. The van der Waals surface area contributed by atoms with Crippen molar-refractivity contribution in [1.82, 2.24) is 25.2 Å². The van der Waals surface area contributed by atoms with Gasteiger partial charge in [-0.3, -0.25) is 9.59 Å². The molecule has 2 aromatic heterocycles. The summed E-state index contributed by atoms with van der Waals surface area (Å²) in [6, 6.07) is 3.09. The van der Waals surface area contributed by atoms with Gasteiger partial charge in [-0.15, -0.1) is 0 Å². The Kier molecular flexibility index (Phi) is 6.38. The lowest BCUT2D eigenvalue weighted by molar-refractivity contribution is -0.134. The number of aromatic amines is 1. The first kappa shape index (κ1) is 24.2. The van der Waals surface area contributed by atoms with Gasteiger partial charge in [0.25, 0.3) is 5.91 Å². The smallest absolute Gasteiger partial charge is 0.255 e. The molecule has 3 aromatic rings. The molecule has 36 heavy (non-hydrogen) atoms. The van der Waals surface area contributed by atoms with E-state index >= 15 is 4.39 Å². The fourth-order valence-corrected chi connectivity index (χ4v) is 4.92. The summed E-state index contributed by atoms with van der Waals surface area (Å²) in [5.41, 5.74) is 2.82. The number of aromatic nitrogens is 3. The second-order valence-corrected chi connectivity index (χ2v) is 9.85. The number of hydrogen-bond donors (Lipinski definition) is 3. The number of aliphatic hydroxyl groups is 1. The van der Waals surface area contributed by atoms with Gasteiger partial charge in [-0.2, -0.15) is 0 Å². The van der Waals surface area contributed by atoms with Gasteiger partial charge in [0.1, 0.15) is 35.7 Å². The summed E-state index contributed by atoms with van der Waals surface area (Å²) < 4.78 is 21.4. The highest BCUT2D eigenvalue weighted by Crippen LogP contribution is 2.39. The van der Waals surface area contributed by atoms with Crippen molar-refractivity contribution >= 4 is 22.8 Å². The van der Waals surface area contributed by atoms with Gasteiger partial charge >= 0.3 is 0 Å². The first-order valence-electron chi connectivity index (χ1n) is 12.2. The SMILES string of the molecule is Cc1ccc(OCC2CC2)c(-c2ncnc3c(C(=O)N[C@H]4C[C@H](C)N(C(=O)CO)C4)c(C)[nH]c23)c1F. The number of ether oxygens (including phenoxy) is 1. The Labute approximate surface area is 208 Å². The summed E-state index contributed by atoms with van der Waals surface area (Å²) in [6.45, 7) is 5.62. The number of hydrogen-bond acceptors (Lipinski definition) is 6. The minimum Gasteiger partial charge on any atom is -0.492 e. The summed E-state index contributed by atoms with van der Waals surface area (Å²) in [4.78, 5) is 38.8. The number of halogens is 1. The molecule has 2 fully saturated rings. The van der Waals surface area contributed by atoms with Crippen LogP contribution >= 0.6 is 0 Å². The number of H-pyrrole nitrogens is 1. The van der Waals surface area contributed by atoms with E-state index in [0.717, 1.165) is 12.8 Å². The molecule has 1 aliphatic heterocycles. The molecule has 2 atom stereocenters. The van der Waals surface area contributed by atoms with E-state index in [0.29, 0.717) is 64.8 Å². The molecule has 1 saturated carbocycles. The highest BCUT2D eigenvalue weighted by Gasteiger charge is 2.34. The van der Waals surface area contributed by atoms with E-state index in [1.165, 1.54) is 6.33 Å². The summed E-state index contributed by atoms with van der Waals surface area (Å²) in [5, 5.41) is 12.2. The Hall–Kier alpha value is -3.53. The van der Waals surface area contributed by atoms with Gasteiger partial charge in [-0.05, 0) is 57.6 Å². The molecular weight excluding hydrogens is 465 g/mol. The Morgan fingerprint density at radius 2 is 2.06 bits per heavy atom. The lowest BCUT2D eigenvalue weighted by Gasteiger charge is -2.19. The number of aryl methyl sites for hydroxylation is 2. The van der Waals surface area contributed by atoms with Gasteiger partial charge in [0.2, 0.25) is 5.91 Å².